The summed E-state index contributed by atoms with van der Waals surface area (Å²) in [5, 5.41) is 14.5. The van der Waals surface area contributed by atoms with Crippen LogP contribution in [0.3, 0.4) is 0 Å². The smallest absolute Gasteiger partial charge is 0.146 e. The van der Waals surface area contributed by atoms with Crippen LogP contribution in [0, 0.1) is 5.82 Å². The first-order valence-electron chi connectivity index (χ1n) is 5.48. The van der Waals surface area contributed by atoms with Gasteiger partial charge in [0.05, 0.1) is 12.3 Å². The van der Waals surface area contributed by atoms with Crippen LogP contribution in [0.5, 0.6) is 0 Å². The Labute approximate surface area is 104 Å². The second-order valence-corrected chi connectivity index (χ2v) is 3.54. The van der Waals surface area contributed by atoms with Crippen molar-refractivity contribution in [3.63, 3.8) is 0 Å². The molecule has 1 aromatic carbocycles. The van der Waals surface area contributed by atoms with E-state index in [1.165, 1.54) is 12.4 Å². The highest BCUT2D eigenvalue weighted by Crippen LogP contribution is 2.18. The molecule has 0 radical (unpaired) electrons. The number of anilines is 3. The molecule has 3 N–H and O–H groups in total. The molecule has 18 heavy (non-hydrogen) atoms. The Hall–Kier alpha value is -2.21. The lowest BCUT2D eigenvalue weighted by Gasteiger charge is -2.08. The van der Waals surface area contributed by atoms with Crippen LogP contribution in [-0.4, -0.2) is 28.2 Å². The highest BCUT2D eigenvalue weighted by atomic mass is 19.1. The molecule has 2 aromatic rings. The molecule has 0 aliphatic heterocycles. The number of nitrogens with zero attached hydrogens (tertiary/aromatic N) is 2. The first kappa shape index (κ1) is 12.3. The van der Waals surface area contributed by atoms with Crippen LogP contribution in [-0.2, 0) is 0 Å². The van der Waals surface area contributed by atoms with E-state index in [-0.39, 0.29) is 12.4 Å². The van der Waals surface area contributed by atoms with Gasteiger partial charge in [-0.15, -0.1) is 0 Å². The molecular formula is C12H13FN4O. The van der Waals surface area contributed by atoms with Crippen LogP contribution < -0.4 is 10.6 Å². The predicted molar refractivity (Wildman–Crippen MR) is 67.3 cm³/mol. The third kappa shape index (κ3) is 3.14. The van der Waals surface area contributed by atoms with E-state index in [1.54, 1.807) is 24.3 Å². The molecule has 6 heteroatoms. The number of halogens is 1. The summed E-state index contributed by atoms with van der Waals surface area (Å²) in [6.45, 7) is 0.413. The molecule has 0 aliphatic rings. The topological polar surface area (TPSA) is 70.1 Å². The summed E-state index contributed by atoms with van der Waals surface area (Å²) in [6, 6.07) is 7.99. The lowest BCUT2D eigenvalue weighted by molar-refractivity contribution is 0.311. The Morgan fingerprint density at radius 3 is 2.72 bits per heavy atom. The van der Waals surface area contributed by atoms with E-state index in [4.69, 9.17) is 5.11 Å². The number of para-hydroxylation sites is 1. The van der Waals surface area contributed by atoms with Crippen LogP contribution in [0.25, 0.3) is 0 Å². The number of hydrogen-bond donors (Lipinski definition) is 3. The predicted octanol–water partition coefficient (Wildman–Crippen LogP) is 1.76. The summed E-state index contributed by atoms with van der Waals surface area (Å²) >= 11 is 0. The van der Waals surface area contributed by atoms with Crippen molar-refractivity contribution in [2.75, 3.05) is 23.8 Å². The first-order valence-corrected chi connectivity index (χ1v) is 5.48. The van der Waals surface area contributed by atoms with Crippen molar-refractivity contribution in [1.29, 1.82) is 0 Å². The molecule has 94 valence electrons. The van der Waals surface area contributed by atoms with Gasteiger partial charge in [0, 0.05) is 12.6 Å². The minimum atomic E-state index is -0.346. The van der Waals surface area contributed by atoms with Crippen molar-refractivity contribution >= 4 is 17.3 Å². The van der Waals surface area contributed by atoms with E-state index in [0.717, 1.165) is 0 Å². The molecule has 0 unspecified atom stereocenters. The van der Waals surface area contributed by atoms with Crippen LogP contribution >= 0.6 is 0 Å². The van der Waals surface area contributed by atoms with Gasteiger partial charge >= 0.3 is 0 Å². The highest BCUT2D eigenvalue weighted by molar-refractivity contribution is 5.59. The molecule has 0 atom stereocenters. The van der Waals surface area contributed by atoms with E-state index < -0.39 is 0 Å². The zero-order chi connectivity index (χ0) is 12.8. The molecule has 1 heterocycles. The summed E-state index contributed by atoms with van der Waals surface area (Å²) in [7, 11) is 0. The standard InChI is InChI=1S/C12H13FN4O/c13-9-3-1-2-4-10(9)17-12-7-11(14-5-6-18)15-8-16-12/h1-4,7-8,18H,5-6H2,(H2,14,15,16,17). The zero-order valence-electron chi connectivity index (χ0n) is 9.60. The van der Waals surface area contributed by atoms with Crippen LogP contribution in [0.4, 0.5) is 21.7 Å². The lowest BCUT2D eigenvalue weighted by atomic mass is 10.3. The van der Waals surface area contributed by atoms with Crippen molar-refractivity contribution in [3.05, 3.63) is 42.5 Å². The summed E-state index contributed by atoms with van der Waals surface area (Å²) < 4.78 is 13.4. The van der Waals surface area contributed by atoms with Gasteiger partial charge in [-0.2, -0.15) is 0 Å². The fourth-order valence-corrected chi connectivity index (χ4v) is 1.41. The van der Waals surface area contributed by atoms with Gasteiger partial charge in [-0.3, -0.25) is 0 Å². The lowest BCUT2D eigenvalue weighted by Crippen LogP contribution is -2.07. The van der Waals surface area contributed by atoms with E-state index in [9.17, 15) is 4.39 Å². The number of rotatable bonds is 5. The summed E-state index contributed by atoms with van der Waals surface area (Å²) in [4.78, 5) is 7.97. The number of aliphatic hydroxyl groups is 1. The fraction of sp³-hybridized carbons (Fsp3) is 0.167. The molecule has 0 aliphatic carbocycles. The Bertz CT molecular complexity index is 521. The fourth-order valence-electron chi connectivity index (χ4n) is 1.41. The summed E-state index contributed by atoms with van der Waals surface area (Å²) in [5.41, 5.74) is 0.351. The van der Waals surface area contributed by atoms with E-state index >= 15 is 0 Å². The van der Waals surface area contributed by atoms with Gasteiger partial charge in [-0.1, -0.05) is 12.1 Å². The Balaban J connectivity index is 2.12. The van der Waals surface area contributed by atoms with Crippen molar-refractivity contribution in [3.8, 4) is 0 Å². The molecule has 5 nitrogen and oxygen atoms in total. The molecule has 0 bridgehead atoms. The SMILES string of the molecule is OCCNc1cc(Nc2ccccc2F)ncn1. The van der Waals surface area contributed by atoms with Gasteiger partial charge in [-0.25, -0.2) is 14.4 Å². The minimum Gasteiger partial charge on any atom is -0.395 e. The third-order valence-corrected chi connectivity index (χ3v) is 2.22. The molecule has 0 saturated heterocycles. The first-order chi connectivity index (χ1) is 8.79. The number of aromatic nitrogens is 2. The molecule has 0 spiro atoms. The number of benzene rings is 1. The van der Waals surface area contributed by atoms with Gasteiger partial charge in [0.1, 0.15) is 23.8 Å². The maximum atomic E-state index is 13.4. The van der Waals surface area contributed by atoms with Gasteiger partial charge in [0.2, 0.25) is 0 Å². The van der Waals surface area contributed by atoms with Crippen LogP contribution in [0.1, 0.15) is 0 Å². The second kappa shape index (κ2) is 5.92. The van der Waals surface area contributed by atoms with E-state index in [2.05, 4.69) is 20.6 Å². The van der Waals surface area contributed by atoms with Crippen LogP contribution in [0.2, 0.25) is 0 Å². The Morgan fingerprint density at radius 2 is 1.94 bits per heavy atom. The third-order valence-electron chi connectivity index (χ3n) is 2.22. The normalized spacial score (nSPS) is 10.1. The molecule has 1 aromatic heterocycles. The highest BCUT2D eigenvalue weighted by Gasteiger charge is 2.03. The van der Waals surface area contributed by atoms with Crippen molar-refractivity contribution in [2.45, 2.75) is 0 Å². The van der Waals surface area contributed by atoms with Gasteiger partial charge in [0.15, 0.2) is 0 Å². The van der Waals surface area contributed by atoms with Gasteiger partial charge in [0.25, 0.3) is 0 Å². The molecular weight excluding hydrogens is 235 g/mol. The second-order valence-electron chi connectivity index (χ2n) is 3.54. The Morgan fingerprint density at radius 1 is 1.17 bits per heavy atom. The number of hydrogen-bond acceptors (Lipinski definition) is 5. The van der Waals surface area contributed by atoms with Crippen molar-refractivity contribution < 1.29 is 9.50 Å². The quantitative estimate of drug-likeness (QED) is 0.752. The molecule has 0 amide bonds. The molecule has 0 saturated carbocycles. The summed E-state index contributed by atoms with van der Waals surface area (Å²) in [5.74, 6) is 0.703. The minimum absolute atomic E-state index is 0.0140. The molecule has 2 rings (SSSR count). The van der Waals surface area contributed by atoms with Gasteiger partial charge < -0.3 is 15.7 Å². The largest absolute Gasteiger partial charge is 0.395 e. The Kier molecular flexibility index (Phi) is 4.03. The molecule has 0 fully saturated rings. The van der Waals surface area contributed by atoms with E-state index in [0.29, 0.717) is 23.9 Å². The van der Waals surface area contributed by atoms with Gasteiger partial charge in [-0.05, 0) is 12.1 Å². The average Bonchev–Trinajstić information content (AvgIpc) is 2.40. The number of aliphatic hydroxyl groups excluding tert-OH is 1. The summed E-state index contributed by atoms with van der Waals surface area (Å²) in [6.07, 6.45) is 1.36. The number of nitrogens with one attached hydrogen (secondary N) is 2. The van der Waals surface area contributed by atoms with Crippen molar-refractivity contribution in [1.82, 2.24) is 9.97 Å². The van der Waals surface area contributed by atoms with Crippen LogP contribution in [0.15, 0.2) is 36.7 Å². The average molecular weight is 248 g/mol. The van der Waals surface area contributed by atoms with E-state index in [1.807, 2.05) is 0 Å². The monoisotopic (exact) mass is 248 g/mol. The maximum absolute atomic E-state index is 13.4. The maximum Gasteiger partial charge on any atom is 0.146 e. The zero-order valence-corrected chi connectivity index (χ0v) is 9.60. The van der Waals surface area contributed by atoms with Crippen molar-refractivity contribution in [2.24, 2.45) is 0 Å².